The lowest BCUT2D eigenvalue weighted by atomic mass is 9.81. The van der Waals surface area contributed by atoms with Crippen LogP contribution in [0.4, 0.5) is 0 Å². The van der Waals surface area contributed by atoms with Gasteiger partial charge < -0.3 is 4.42 Å². The molecule has 0 saturated carbocycles. The highest BCUT2D eigenvalue weighted by Crippen LogP contribution is 2.53. The minimum Gasteiger partial charge on any atom is -0.456 e. The molecule has 1 nitrogen and oxygen atoms in total. The van der Waals surface area contributed by atoms with Gasteiger partial charge in [-0.05, 0) is 52.4 Å². The largest absolute Gasteiger partial charge is 0.456 e. The molecular formula is C28H21ClO. The van der Waals surface area contributed by atoms with Gasteiger partial charge in [-0.3, -0.25) is 0 Å². The van der Waals surface area contributed by atoms with E-state index >= 15 is 0 Å². The van der Waals surface area contributed by atoms with Gasteiger partial charge in [-0.25, -0.2) is 0 Å². The van der Waals surface area contributed by atoms with E-state index in [0.717, 1.165) is 28.2 Å². The molecule has 0 aliphatic heterocycles. The molecule has 1 aliphatic rings. The van der Waals surface area contributed by atoms with Gasteiger partial charge in [0.15, 0.2) is 0 Å². The van der Waals surface area contributed by atoms with Gasteiger partial charge in [-0.2, -0.15) is 0 Å². The van der Waals surface area contributed by atoms with Crippen molar-refractivity contribution in [2.24, 2.45) is 0 Å². The summed E-state index contributed by atoms with van der Waals surface area (Å²) in [5.74, 6) is 0. The number of rotatable bonds is 2. The lowest BCUT2D eigenvalue weighted by Crippen LogP contribution is -2.15. The second-order valence-corrected chi connectivity index (χ2v) is 9.10. The fourth-order valence-electron chi connectivity index (χ4n) is 5.19. The molecule has 0 spiro atoms. The van der Waals surface area contributed by atoms with Gasteiger partial charge in [-0.1, -0.05) is 86.1 Å². The van der Waals surface area contributed by atoms with Crippen molar-refractivity contribution in [1.29, 1.82) is 0 Å². The normalized spacial score (nSPS) is 14.2. The van der Waals surface area contributed by atoms with Crippen LogP contribution in [0.25, 0.3) is 33.1 Å². The maximum atomic E-state index is 6.49. The molecule has 1 aliphatic carbocycles. The molecule has 0 atom stereocenters. The zero-order chi connectivity index (χ0) is 20.5. The van der Waals surface area contributed by atoms with E-state index in [-0.39, 0.29) is 5.41 Å². The average molecular weight is 409 g/mol. The molecule has 0 bridgehead atoms. The van der Waals surface area contributed by atoms with Gasteiger partial charge in [0.2, 0.25) is 0 Å². The molecule has 0 unspecified atom stereocenters. The Hall–Kier alpha value is -3.03. The first-order chi connectivity index (χ1) is 14.6. The minimum atomic E-state index is -0.130. The lowest BCUT2D eigenvalue weighted by molar-refractivity contribution is 0.620. The van der Waals surface area contributed by atoms with Crippen molar-refractivity contribution in [1.82, 2.24) is 0 Å². The van der Waals surface area contributed by atoms with Crippen molar-refractivity contribution in [3.63, 3.8) is 0 Å². The zero-order valence-electron chi connectivity index (χ0n) is 17.0. The van der Waals surface area contributed by atoms with Crippen molar-refractivity contribution in [3.05, 3.63) is 106 Å². The van der Waals surface area contributed by atoms with E-state index in [2.05, 4.69) is 74.5 Å². The fourth-order valence-corrected chi connectivity index (χ4v) is 5.39. The Morgan fingerprint density at radius 3 is 2.40 bits per heavy atom. The van der Waals surface area contributed by atoms with Crippen LogP contribution in [0.3, 0.4) is 0 Å². The van der Waals surface area contributed by atoms with Gasteiger partial charge in [0.25, 0.3) is 0 Å². The zero-order valence-corrected chi connectivity index (χ0v) is 17.8. The van der Waals surface area contributed by atoms with E-state index in [4.69, 9.17) is 16.0 Å². The quantitative estimate of drug-likeness (QED) is 0.287. The standard InChI is InChI=1S/C28H21ClO/c1-28(2)22-11-7-9-18(16-17-8-3-5-12-23(17)29)25(22)21-15-14-20-19-10-4-6-13-24(19)30-27(20)26(21)28/h3-15H,16H2,1-2H3. The molecule has 30 heavy (non-hydrogen) atoms. The number of fused-ring (bicyclic) bond motifs is 7. The molecule has 0 N–H and O–H groups in total. The highest BCUT2D eigenvalue weighted by atomic mass is 35.5. The summed E-state index contributed by atoms with van der Waals surface area (Å²) in [6.07, 6.45) is 0.816. The molecule has 146 valence electrons. The van der Waals surface area contributed by atoms with Gasteiger partial charge in [0.1, 0.15) is 11.2 Å². The molecule has 0 radical (unpaired) electrons. The van der Waals surface area contributed by atoms with Crippen molar-refractivity contribution in [2.45, 2.75) is 25.7 Å². The van der Waals surface area contributed by atoms with E-state index in [9.17, 15) is 0 Å². The summed E-state index contributed by atoms with van der Waals surface area (Å²) in [5, 5.41) is 3.19. The Kier molecular flexibility index (Phi) is 3.70. The first kappa shape index (κ1) is 17.8. The Morgan fingerprint density at radius 1 is 0.767 bits per heavy atom. The molecule has 1 heterocycles. The smallest absolute Gasteiger partial charge is 0.140 e. The maximum Gasteiger partial charge on any atom is 0.140 e. The number of para-hydroxylation sites is 1. The molecule has 5 aromatic rings. The fraction of sp³-hybridized carbons (Fsp3) is 0.143. The number of furan rings is 1. The van der Waals surface area contributed by atoms with Crippen molar-refractivity contribution >= 4 is 33.5 Å². The lowest BCUT2D eigenvalue weighted by Gasteiger charge is -2.21. The van der Waals surface area contributed by atoms with Gasteiger partial charge >= 0.3 is 0 Å². The van der Waals surface area contributed by atoms with Crippen LogP contribution in [0.5, 0.6) is 0 Å². The van der Waals surface area contributed by atoms with E-state index in [1.807, 2.05) is 18.2 Å². The molecule has 0 amide bonds. The second-order valence-electron chi connectivity index (χ2n) is 8.70. The number of hydrogen-bond donors (Lipinski definition) is 0. The summed E-state index contributed by atoms with van der Waals surface area (Å²) in [6, 6.07) is 27.6. The van der Waals surface area contributed by atoms with Crippen LogP contribution in [0.15, 0.2) is 83.3 Å². The van der Waals surface area contributed by atoms with Gasteiger partial charge in [0, 0.05) is 26.8 Å². The molecule has 0 saturated heterocycles. The Balaban J connectivity index is 1.63. The molecular weight excluding hydrogens is 388 g/mol. The Labute approximate surface area is 180 Å². The topological polar surface area (TPSA) is 13.1 Å². The number of benzene rings is 4. The third-order valence-electron chi connectivity index (χ3n) is 6.60. The van der Waals surface area contributed by atoms with Crippen LogP contribution >= 0.6 is 11.6 Å². The van der Waals surface area contributed by atoms with E-state index in [0.29, 0.717) is 0 Å². The number of halogens is 1. The predicted octanol–water partition coefficient (Wildman–Crippen LogP) is 8.14. The predicted molar refractivity (Wildman–Crippen MR) is 126 cm³/mol. The number of hydrogen-bond acceptors (Lipinski definition) is 1. The summed E-state index contributed by atoms with van der Waals surface area (Å²) in [4.78, 5) is 0. The summed E-state index contributed by atoms with van der Waals surface area (Å²) < 4.78 is 6.42. The summed E-state index contributed by atoms with van der Waals surface area (Å²) >= 11 is 6.49. The summed E-state index contributed by atoms with van der Waals surface area (Å²) in [5.41, 5.74) is 9.56. The van der Waals surface area contributed by atoms with Crippen molar-refractivity contribution in [2.75, 3.05) is 0 Å². The van der Waals surface area contributed by atoms with E-state index in [1.165, 1.54) is 38.6 Å². The monoisotopic (exact) mass is 408 g/mol. The highest BCUT2D eigenvalue weighted by molar-refractivity contribution is 6.31. The summed E-state index contributed by atoms with van der Waals surface area (Å²) in [6.45, 7) is 4.62. The average Bonchev–Trinajstić information content (AvgIpc) is 3.23. The van der Waals surface area contributed by atoms with Crippen molar-refractivity contribution in [3.8, 4) is 11.1 Å². The molecule has 2 heteroatoms. The Bertz CT molecular complexity index is 1450. The van der Waals surface area contributed by atoms with Crippen LogP contribution in [0.2, 0.25) is 5.02 Å². The van der Waals surface area contributed by atoms with Crippen LogP contribution in [0.1, 0.15) is 36.1 Å². The summed E-state index contributed by atoms with van der Waals surface area (Å²) in [7, 11) is 0. The second kappa shape index (κ2) is 6.23. The molecule has 0 fully saturated rings. The first-order valence-electron chi connectivity index (χ1n) is 10.4. The van der Waals surface area contributed by atoms with Crippen LogP contribution < -0.4 is 0 Å². The first-order valence-corrected chi connectivity index (χ1v) is 10.7. The van der Waals surface area contributed by atoms with Gasteiger partial charge in [-0.15, -0.1) is 0 Å². The Morgan fingerprint density at radius 2 is 1.53 bits per heavy atom. The van der Waals surface area contributed by atoms with Crippen LogP contribution in [-0.4, -0.2) is 0 Å². The SMILES string of the molecule is CC1(C)c2cccc(Cc3ccccc3Cl)c2-c2ccc3c(oc4ccccc43)c21. The molecule has 4 aromatic carbocycles. The molecule has 6 rings (SSSR count). The van der Waals surface area contributed by atoms with Crippen LogP contribution in [0, 0.1) is 0 Å². The molecule has 1 aromatic heterocycles. The maximum absolute atomic E-state index is 6.49. The third-order valence-corrected chi connectivity index (χ3v) is 6.97. The minimum absolute atomic E-state index is 0.130. The van der Waals surface area contributed by atoms with Gasteiger partial charge in [0.05, 0.1) is 0 Å². The highest BCUT2D eigenvalue weighted by Gasteiger charge is 2.39. The van der Waals surface area contributed by atoms with Crippen molar-refractivity contribution < 1.29 is 4.42 Å². The van der Waals surface area contributed by atoms with E-state index < -0.39 is 0 Å². The third kappa shape index (κ3) is 2.36. The van der Waals surface area contributed by atoms with E-state index in [1.54, 1.807) is 0 Å². The van der Waals surface area contributed by atoms with Crippen LogP contribution in [-0.2, 0) is 11.8 Å².